The van der Waals surface area contributed by atoms with Gasteiger partial charge in [-0.05, 0) is 43.3 Å². The van der Waals surface area contributed by atoms with Crippen LogP contribution in [0.5, 0.6) is 0 Å². The molecule has 1 heterocycles. The van der Waals surface area contributed by atoms with Crippen molar-refractivity contribution in [2.24, 2.45) is 0 Å². The summed E-state index contributed by atoms with van der Waals surface area (Å²) in [5.74, 6) is -1.04. The van der Waals surface area contributed by atoms with Crippen molar-refractivity contribution in [3.05, 3.63) is 47.3 Å². The third-order valence-electron chi connectivity index (χ3n) is 2.35. The minimum Gasteiger partial charge on any atom is -0.477 e. The second-order valence-corrected chi connectivity index (χ2v) is 4.86. The van der Waals surface area contributed by atoms with Gasteiger partial charge in [-0.2, -0.15) is 0 Å². The number of nitrogens with zero attached hydrogens (tertiary/aromatic N) is 2. The molecule has 5 heteroatoms. The first-order valence-electron chi connectivity index (χ1n) is 5.39. The molecule has 0 saturated carbocycles. The van der Waals surface area contributed by atoms with Gasteiger partial charge in [-0.25, -0.2) is 14.8 Å². The summed E-state index contributed by atoms with van der Waals surface area (Å²) in [6, 6.07) is 9.31. The molecule has 0 radical (unpaired) electrons. The molecular weight excluding hydrogens is 248 g/mol. The summed E-state index contributed by atoms with van der Waals surface area (Å²) in [5, 5.41) is 9.41. The topological polar surface area (TPSA) is 63.1 Å². The summed E-state index contributed by atoms with van der Waals surface area (Å²) in [4.78, 5) is 20.2. The lowest BCUT2D eigenvalue weighted by atomic mass is 10.2. The fraction of sp³-hybridized carbons (Fsp3) is 0.154. The lowest BCUT2D eigenvalue weighted by molar-refractivity contribution is 0.0689. The Kier molecular flexibility index (Phi) is 3.62. The van der Waals surface area contributed by atoms with Crippen LogP contribution in [0.2, 0.25) is 0 Å². The van der Waals surface area contributed by atoms with Crippen molar-refractivity contribution >= 4 is 17.7 Å². The van der Waals surface area contributed by atoms with E-state index in [2.05, 4.69) is 9.97 Å². The highest BCUT2D eigenvalue weighted by molar-refractivity contribution is 7.99. The van der Waals surface area contributed by atoms with Gasteiger partial charge in [0.05, 0.1) is 0 Å². The van der Waals surface area contributed by atoms with Crippen molar-refractivity contribution in [3.63, 3.8) is 0 Å². The lowest BCUT2D eigenvalue weighted by Crippen LogP contribution is -2.03. The zero-order valence-corrected chi connectivity index (χ0v) is 10.9. The number of rotatable bonds is 3. The van der Waals surface area contributed by atoms with Gasteiger partial charge in [-0.3, -0.25) is 0 Å². The van der Waals surface area contributed by atoms with Crippen LogP contribution in [-0.4, -0.2) is 21.0 Å². The molecule has 0 amide bonds. The highest BCUT2D eigenvalue weighted by Crippen LogP contribution is 2.27. The molecule has 1 aromatic carbocycles. The van der Waals surface area contributed by atoms with Crippen LogP contribution in [0.15, 0.2) is 40.4 Å². The van der Waals surface area contributed by atoms with Crippen LogP contribution in [-0.2, 0) is 0 Å². The molecule has 2 rings (SSSR count). The Bertz CT molecular complexity index is 599. The van der Waals surface area contributed by atoms with E-state index >= 15 is 0 Å². The average molecular weight is 260 g/mol. The van der Waals surface area contributed by atoms with E-state index in [0.29, 0.717) is 10.9 Å². The summed E-state index contributed by atoms with van der Waals surface area (Å²) in [5.41, 5.74) is 1.79. The van der Waals surface area contributed by atoms with Crippen molar-refractivity contribution in [1.29, 1.82) is 0 Å². The molecule has 0 bridgehead atoms. The normalized spacial score (nSPS) is 10.3. The molecule has 1 N–H and O–H groups in total. The number of carboxylic acids is 1. The van der Waals surface area contributed by atoms with Gasteiger partial charge in [-0.15, -0.1) is 0 Å². The minimum atomic E-state index is -1.04. The molecule has 0 saturated heterocycles. The van der Waals surface area contributed by atoms with E-state index in [0.717, 1.165) is 10.5 Å². The first-order valence-corrected chi connectivity index (χ1v) is 6.20. The monoisotopic (exact) mass is 260 g/mol. The Morgan fingerprint density at radius 3 is 2.61 bits per heavy atom. The zero-order chi connectivity index (χ0) is 13.1. The summed E-state index contributed by atoms with van der Waals surface area (Å²) >= 11 is 1.37. The van der Waals surface area contributed by atoms with Crippen molar-refractivity contribution in [2.75, 3.05) is 0 Å². The number of carboxylic acid groups (broad SMARTS) is 1. The third-order valence-corrected chi connectivity index (χ3v) is 3.39. The van der Waals surface area contributed by atoms with Gasteiger partial charge >= 0.3 is 5.97 Å². The zero-order valence-electron chi connectivity index (χ0n) is 10.0. The summed E-state index contributed by atoms with van der Waals surface area (Å²) in [6.07, 6.45) is 0. The maximum absolute atomic E-state index is 10.9. The Hall–Kier alpha value is -1.88. The molecule has 0 aliphatic heterocycles. The molecule has 0 fully saturated rings. The number of hydrogen-bond acceptors (Lipinski definition) is 4. The van der Waals surface area contributed by atoms with Crippen LogP contribution >= 0.6 is 11.8 Å². The van der Waals surface area contributed by atoms with Gasteiger partial charge in [0.2, 0.25) is 0 Å². The van der Waals surface area contributed by atoms with Gasteiger partial charge < -0.3 is 5.11 Å². The molecule has 0 aliphatic rings. The van der Waals surface area contributed by atoms with Crippen LogP contribution in [0.3, 0.4) is 0 Å². The molecule has 0 aliphatic carbocycles. The summed E-state index contributed by atoms with van der Waals surface area (Å²) in [6.45, 7) is 3.76. The van der Waals surface area contributed by atoms with Gasteiger partial charge in [0, 0.05) is 10.6 Å². The molecule has 18 heavy (non-hydrogen) atoms. The van der Waals surface area contributed by atoms with E-state index < -0.39 is 5.97 Å². The van der Waals surface area contributed by atoms with E-state index in [1.807, 2.05) is 31.2 Å². The Morgan fingerprint density at radius 1 is 1.22 bits per heavy atom. The van der Waals surface area contributed by atoms with Crippen LogP contribution < -0.4 is 0 Å². The fourth-order valence-electron chi connectivity index (χ4n) is 1.47. The van der Waals surface area contributed by atoms with Crippen LogP contribution in [0.25, 0.3) is 0 Å². The standard InChI is InChI=1S/C13H12N2O2S/c1-8-5-3-4-6-11(8)18-13-14-9(2)7-10(15-13)12(16)17/h3-7H,1-2H3,(H,16,17). The highest BCUT2D eigenvalue weighted by Gasteiger charge is 2.10. The van der Waals surface area contributed by atoms with Crippen molar-refractivity contribution in [1.82, 2.24) is 9.97 Å². The van der Waals surface area contributed by atoms with Crippen molar-refractivity contribution in [2.45, 2.75) is 23.9 Å². The van der Waals surface area contributed by atoms with E-state index in [-0.39, 0.29) is 5.69 Å². The van der Waals surface area contributed by atoms with Crippen LogP contribution in [0, 0.1) is 13.8 Å². The number of benzene rings is 1. The van der Waals surface area contributed by atoms with Crippen molar-refractivity contribution < 1.29 is 9.90 Å². The van der Waals surface area contributed by atoms with Gasteiger partial charge in [0.1, 0.15) is 0 Å². The van der Waals surface area contributed by atoms with E-state index in [1.54, 1.807) is 6.92 Å². The molecule has 0 spiro atoms. The molecular formula is C13H12N2O2S. The molecule has 4 nitrogen and oxygen atoms in total. The average Bonchev–Trinajstić information content (AvgIpc) is 2.31. The van der Waals surface area contributed by atoms with Crippen LogP contribution in [0.1, 0.15) is 21.7 Å². The summed E-state index contributed by atoms with van der Waals surface area (Å²) in [7, 11) is 0. The lowest BCUT2D eigenvalue weighted by Gasteiger charge is -2.05. The predicted octanol–water partition coefficient (Wildman–Crippen LogP) is 2.94. The number of aryl methyl sites for hydroxylation is 2. The minimum absolute atomic E-state index is 0.0265. The SMILES string of the molecule is Cc1cc(C(=O)O)nc(Sc2ccccc2C)n1. The first-order chi connectivity index (χ1) is 8.56. The van der Waals surface area contributed by atoms with Crippen molar-refractivity contribution in [3.8, 4) is 0 Å². The second-order valence-electron chi connectivity index (χ2n) is 3.85. The van der Waals surface area contributed by atoms with Gasteiger partial charge in [-0.1, -0.05) is 18.2 Å². The number of carbonyl (C=O) groups is 1. The quantitative estimate of drug-likeness (QED) is 0.860. The third kappa shape index (κ3) is 2.87. The van der Waals surface area contributed by atoms with Gasteiger partial charge in [0.25, 0.3) is 0 Å². The molecule has 92 valence electrons. The van der Waals surface area contributed by atoms with Gasteiger partial charge in [0.15, 0.2) is 10.9 Å². The van der Waals surface area contributed by atoms with E-state index in [4.69, 9.17) is 5.11 Å². The Labute approximate surface area is 109 Å². The number of aromatic carboxylic acids is 1. The molecule has 1 aromatic heterocycles. The smallest absolute Gasteiger partial charge is 0.354 e. The maximum Gasteiger partial charge on any atom is 0.354 e. The largest absolute Gasteiger partial charge is 0.477 e. The highest BCUT2D eigenvalue weighted by atomic mass is 32.2. The van der Waals surface area contributed by atoms with E-state index in [9.17, 15) is 4.79 Å². The van der Waals surface area contributed by atoms with E-state index in [1.165, 1.54) is 17.8 Å². The predicted molar refractivity (Wildman–Crippen MR) is 69.0 cm³/mol. The fourth-order valence-corrected chi connectivity index (χ4v) is 2.37. The summed E-state index contributed by atoms with van der Waals surface area (Å²) < 4.78 is 0. The number of aromatic nitrogens is 2. The molecule has 0 atom stereocenters. The first kappa shape index (κ1) is 12.6. The Balaban J connectivity index is 2.35. The van der Waals surface area contributed by atoms with Crippen LogP contribution in [0.4, 0.5) is 0 Å². The molecule has 0 unspecified atom stereocenters. The Morgan fingerprint density at radius 2 is 1.94 bits per heavy atom. The second kappa shape index (κ2) is 5.18. The number of hydrogen-bond donors (Lipinski definition) is 1. The maximum atomic E-state index is 10.9. The molecule has 2 aromatic rings.